The molecule has 30 heavy (non-hydrogen) atoms. The summed E-state index contributed by atoms with van der Waals surface area (Å²) in [7, 11) is 0. The molecule has 0 aliphatic carbocycles. The van der Waals surface area contributed by atoms with Gasteiger partial charge in [-0.05, 0) is 49.7 Å². The predicted octanol–water partition coefficient (Wildman–Crippen LogP) is 3.10. The Labute approximate surface area is 182 Å². The van der Waals surface area contributed by atoms with E-state index < -0.39 is 11.4 Å². The maximum atomic E-state index is 12.8. The topological polar surface area (TPSA) is 112 Å². The number of nitrogens with one attached hydrogen (secondary N) is 3. The molecule has 2 aromatic heterocycles. The van der Waals surface area contributed by atoms with Crippen LogP contribution in [0, 0.1) is 5.41 Å². The first-order valence-electron chi connectivity index (χ1n) is 9.59. The lowest BCUT2D eigenvalue weighted by Crippen LogP contribution is -2.45. The highest BCUT2D eigenvalue weighted by Gasteiger charge is 2.40. The van der Waals surface area contributed by atoms with Crippen LogP contribution in [-0.2, 0) is 17.9 Å². The van der Waals surface area contributed by atoms with E-state index in [0.717, 1.165) is 5.56 Å². The molecule has 1 aromatic carbocycles. The number of fused-ring (bicyclic) bond motifs is 1. The molecular formula is C20H21Cl2N5O3. The molecule has 4 rings (SSSR count). The summed E-state index contributed by atoms with van der Waals surface area (Å²) in [4.78, 5) is 27.5. The van der Waals surface area contributed by atoms with Crippen molar-refractivity contribution in [3.05, 3.63) is 56.4 Å². The van der Waals surface area contributed by atoms with Crippen molar-refractivity contribution in [2.24, 2.45) is 5.41 Å². The smallest absolute Gasteiger partial charge is 0.311 e. The van der Waals surface area contributed by atoms with E-state index in [1.165, 1.54) is 4.68 Å². The summed E-state index contributed by atoms with van der Waals surface area (Å²) in [5, 5.41) is 22.0. The van der Waals surface area contributed by atoms with Crippen LogP contribution in [0.4, 0.5) is 5.82 Å². The lowest BCUT2D eigenvalue weighted by Gasteiger charge is -2.33. The number of benzene rings is 1. The number of nitrogens with zero attached hydrogens (tertiary/aromatic N) is 2. The number of piperidine rings is 1. The largest absolute Gasteiger partial charge is 0.481 e. The van der Waals surface area contributed by atoms with Gasteiger partial charge in [0, 0.05) is 11.9 Å². The van der Waals surface area contributed by atoms with Crippen LogP contribution < -0.4 is 16.2 Å². The Hall–Kier alpha value is -2.55. The number of halogens is 2. The summed E-state index contributed by atoms with van der Waals surface area (Å²) in [5.74, 6) is -0.322. The van der Waals surface area contributed by atoms with Gasteiger partial charge in [-0.25, -0.2) is 0 Å². The fourth-order valence-corrected chi connectivity index (χ4v) is 4.14. The van der Waals surface area contributed by atoms with Gasteiger partial charge in [0.25, 0.3) is 5.56 Å². The van der Waals surface area contributed by atoms with Crippen molar-refractivity contribution >= 4 is 45.9 Å². The van der Waals surface area contributed by atoms with E-state index in [1.807, 2.05) is 6.07 Å². The molecule has 1 aliphatic heterocycles. The van der Waals surface area contributed by atoms with E-state index in [2.05, 4.69) is 20.7 Å². The number of carbonyl (C=O) groups is 1. The number of pyridine rings is 1. The van der Waals surface area contributed by atoms with Gasteiger partial charge >= 0.3 is 5.97 Å². The molecule has 0 amide bonds. The highest BCUT2D eigenvalue weighted by atomic mass is 35.5. The highest BCUT2D eigenvalue weighted by Crippen LogP contribution is 2.32. The maximum Gasteiger partial charge on any atom is 0.311 e. The van der Waals surface area contributed by atoms with Crippen LogP contribution in [0.25, 0.3) is 10.9 Å². The van der Waals surface area contributed by atoms with Gasteiger partial charge in [0.05, 0.1) is 28.2 Å². The zero-order chi connectivity index (χ0) is 21.3. The van der Waals surface area contributed by atoms with Crippen LogP contribution in [0.3, 0.4) is 0 Å². The third kappa shape index (κ3) is 4.03. The van der Waals surface area contributed by atoms with E-state index in [1.54, 1.807) is 24.4 Å². The normalized spacial score (nSPS) is 15.9. The van der Waals surface area contributed by atoms with Crippen LogP contribution in [-0.4, -0.2) is 38.9 Å². The number of H-pyrrole nitrogens is 1. The van der Waals surface area contributed by atoms with Crippen molar-refractivity contribution in [3.63, 3.8) is 0 Å². The molecule has 0 saturated carbocycles. The van der Waals surface area contributed by atoms with E-state index in [9.17, 15) is 14.7 Å². The van der Waals surface area contributed by atoms with Gasteiger partial charge < -0.3 is 20.7 Å². The summed E-state index contributed by atoms with van der Waals surface area (Å²) < 4.78 is 1.51. The third-order valence-corrected chi connectivity index (χ3v) is 6.30. The van der Waals surface area contributed by atoms with Gasteiger partial charge in [0.15, 0.2) is 0 Å². The number of hydrogen-bond donors (Lipinski definition) is 4. The van der Waals surface area contributed by atoms with Crippen molar-refractivity contribution in [1.82, 2.24) is 20.1 Å². The molecule has 0 unspecified atom stereocenters. The van der Waals surface area contributed by atoms with Crippen LogP contribution in [0.2, 0.25) is 10.0 Å². The Morgan fingerprint density at radius 3 is 2.70 bits per heavy atom. The molecule has 1 fully saturated rings. The molecule has 3 aromatic rings. The number of anilines is 1. The lowest BCUT2D eigenvalue weighted by atomic mass is 9.79. The molecular weight excluding hydrogens is 429 g/mol. The number of carboxylic acids is 1. The summed E-state index contributed by atoms with van der Waals surface area (Å²) in [6.45, 7) is 1.86. The van der Waals surface area contributed by atoms with Crippen LogP contribution >= 0.6 is 23.2 Å². The average molecular weight is 450 g/mol. The molecule has 1 aliphatic rings. The Kier molecular flexibility index (Phi) is 5.73. The van der Waals surface area contributed by atoms with Crippen molar-refractivity contribution in [2.45, 2.75) is 25.9 Å². The fraction of sp³-hybridized carbons (Fsp3) is 0.350. The zero-order valence-electron chi connectivity index (χ0n) is 16.0. The maximum absolute atomic E-state index is 12.8. The Balaban J connectivity index is 1.57. The Bertz CT molecular complexity index is 1150. The lowest BCUT2D eigenvalue weighted by molar-refractivity contribution is -0.151. The van der Waals surface area contributed by atoms with Gasteiger partial charge in [-0.3, -0.25) is 14.3 Å². The van der Waals surface area contributed by atoms with Crippen molar-refractivity contribution < 1.29 is 9.90 Å². The number of carboxylic acid groups (broad SMARTS) is 1. The second-order valence-electron chi connectivity index (χ2n) is 7.56. The van der Waals surface area contributed by atoms with Crippen molar-refractivity contribution in [2.75, 3.05) is 18.4 Å². The minimum Gasteiger partial charge on any atom is -0.481 e. The first-order valence-corrected chi connectivity index (χ1v) is 10.3. The highest BCUT2D eigenvalue weighted by molar-refractivity contribution is 6.42. The predicted molar refractivity (Wildman–Crippen MR) is 116 cm³/mol. The summed E-state index contributed by atoms with van der Waals surface area (Å²) >= 11 is 12.0. The van der Waals surface area contributed by atoms with Crippen LogP contribution in [0.5, 0.6) is 0 Å². The number of rotatable bonds is 6. The molecule has 0 bridgehead atoms. The fourth-order valence-electron chi connectivity index (χ4n) is 3.82. The molecule has 0 radical (unpaired) electrons. The second-order valence-corrected chi connectivity index (χ2v) is 8.37. The van der Waals surface area contributed by atoms with Crippen molar-refractivity contribution in [3.8, 4) is 0 Å². The van der Waals surface area contributed by atoms with Crippen LogP contribution in [0.15, 0.2) is 35.3 Å². The van der Waals surface area contributed by atoms with E-state index in [4.69, 9.17) is 23.2 Å². The van der Waals surface area contributed by atoms with Crippen molar-refractivity contribution in [1.29, 1.82) is 0 Å². The molecule has 4 N–H and O–H groups in total. The third-order valence-electron chi connectivity index (χ3n) is 5.56. The molecule has 0 spiro atoms. The standard InChI is InChI=1S/C20H21Cl2N5O3/c21-14-2-1-12(7-15(14)22)9-24-16-8-13-10-25-27(17(13)18(28)26-16)11-20(19(29)30)3-5-23-6-4-20/h1-2,7-8,10,23H,3-6,9,11H2,(H,29,30)(H2,24,26,28). The number of aliphatic carboxylic acids is 1. The minimum atomic E-state index is -0.929. The van der Waals surface area contributed by atoms with Gasteiger partial charge in [-0.15, -0.1) is 0 Å². The minimum absolute atomic E-state index is 0.159. The summed E-state index contributed by atoms with van der Waals surface area (Å²) in [6.07, 6.45) is 2.57. The average Bonchev–Trinajstić information content (AvgIpc) is 3.12. The molecule has 8 nitrogen and oxygen atoms in total. The molecule has 3 heterocycles. The Morgan fingerprint density at radius 1 is 1.23 bits per heavy atom. The van der Waals surface area contributed by atoms with Gasteiger partial charge in [0.1, 0.15) is 11.3 Å². The summed E-state index contributed by atoms with van der Waals surface area (Å²) in [5.41, 5.74) is 0.0298. The number of hydrogen-bond acceptors (Lipinski definition) is 5. The molecule has 158 valence electrons. The quantitative estimate of drug-likeness (QED) is 0.459. The molecule has 0 atom stereocenters. The SMILES string of the molecule is O=C(O)C1(Cn2ncc3cc(NCc4ccc(Cl)c(Cl)c4)[nH]c(=O)c32)CCNCC1. The molecule has 10 heteroatoms. The van der Waals surface area contributed by atoms with Crippen LogP contribution in [0.1, 0.15) is 18.4 Å². The van der Waals surface area contributed by atoms with Gasteiger partial charge in [0.2, 0.25) is 0 Å². The monoisotopic (exact) mass is 449 g/mol. The Morgan fingerprint density at radius 2 is 2.00 bits per heavy atom. The first-order chi connectivity index (χ1) is 14.4. The van der Waals surface area contributed by atoms with E-state index >= 15 is 0 Å². The second kappa shape index (κ2) is 8.29. The summed E-state index contributed by atoms with van der Waals surface area (Å²) in [6, 6.07) is 7.11. The number of aromatic nitrogens is 3. The first kappa shape index (κ1) is 20.7. The van der Waals surface area contributed by atoms with Gasteiger partial charge in [-0.1, -0.05) is 29.3 Å². The van der Waals surface area contributed by atoms with E-state index in [0.29, 0.717) is 59.2 Å². The van der Waals surface area contributed by atoms with E-state index in [-0.39, 0.29) is 12.1 Å². The van der Waals surface area contributed by atoms with Gasteiger partial charge in [-0.2, -0.15) is 5.10 Å². The zero-order valence-corrected chi connectivity index (χ0v) is 17.6. The number of aromatic amines is 1. The molecule has 1 saturated heterocycles.